The van der Waals surface area contributed by atoms with Crippen LogP contribution >= 0.6 is 0 Å². The normalized spacial score (nSPS) is 26.2. The van der Waals surface area contributed by atoms with E-state index in [0.29, 0.717) is 17.6 Å². The molecule has 1 aromatic heterocycles. The first-order valence-electron chi connectivity index (χ1n) is 11.2. The molecule has 1 aliphatic heterocycles. The molecule has 0 radical (unpaired) electrons. The number of urea groups is 1. The predicted molar refractivity (Wildman–Crippen MR) is 121 cm³/mol. The Hall–Kier alpha value is -2.89. The van der Waals surface area contributed by atoms with Gasteiger partial charge in [-0.25, -0.2) is 14.7 Å². The number of aromatic nitrogens is 1. The van der Waals surface area contributed by atoms with E-state index >= 15 is 0 Å². The van der Waals surface area contributed by atoms with Crippen LogP contribution in [0.5, 0.6) is 0 Å². The van der Waals surface area contributed by atoms with Crippen molar-refractivity contribution in [2.24, 2.45) is 5.92 Å². The Morgan fingerprint density at radius 3 is 2.35 bits per heavy atom. The first-order valence-corrected chi connectivity index (χ1v) is 11.2. The summed E-state index contributed by atoms with van der Waals surface area (Å²) in [6, 6.07) is 11.9. The van der Waals surface area contributed by atoms with Crippen LogP contribution in [0.3, 0.4) is 0 Å². The fraction of sp³-hybridized carbons (Fsp3) is 0.480. The Morgan fingerprint density at radius 1 is 1.10 bits per heavy atom. The van der Waals surface area contributed by atoms with Crippen LogP contribution in [0.15, 0.2) is 42.6 Å². The maximum atomic E-state index is 13.4. The lowest BCUT2D eigenvalue weighted by Crippen LogP contribution is -2.55. The van der Waals surface area contributed by atoms with Crippen LogP contribution in [0.2, 0.25) is 0 Å². The van der Waals surface area contributed by atoms with E-state index in [2.05, 4.69) is 36.3 Å². The Balaban J connectivity index is 1.38. The smallest absolute Gasteiger partial charge is 0.332 e. The molecular formula is C25H30N4O2. The molecule has 162 valence electrons. The second-order valence-corrected chi connectivity index (χ2v) is 10.2. The number of nitrogens with one attached hydrogen (secondary N) is 1. The number of hydrogen-bond acceptors (Lipinski definition) is 4. The third-order valence-electron chi connectivity index (χ3n) is 7.20. The summed E-state index contributed by atoms with van der Waals surface area (Å²) in [5.41, 5.74) is 2.39. The molecule has 0 unspecified atom stereocenters. The zero-order chi connectivity index (χ0) is 22.0. The maximum absolute atomic E-state index is 13.4. The minimum Gasteiger partial charge on any atom is -0.368 e. The van der Waals surface area contributed by atoms with E-state index in [1.165, 1.54) is 29.7 Å². The standard InChI is InChI=1S/C25H30N4O2/c1-16(2)27-21-11-17(9-10-26-21)15-28-23(31)29(22(30)24(28,3)4)20-7-5-19(6-8-20)25-12-18(13-25)14-25/h5-11,16,18H,12-15H2,1-4H3,(H,26,27). The molecule has 0 spiro atoms. The summed E-state index contributed by atoms with van der Waals surface area (Å²) in [6.07, 6.45) is 5.59. The van der Waals surface area contributed by atoms with Gasteiger partial charge in [0.05, 0.1) is 5.69 Å². The molecule has 6 nitrogen and oxygen atoms in total. The summed E-state index contributed by atoms with van der Waals surface area (Å²) >= 11 is 0. The molecule has 2 bridgehead atoms. The summed E-state index contributed by atoms with van der Waals surface area (Å²) in [5, 5.41) is 3.28. The monoisotopic (exact) mass is 418 g/mol. The van der Waals surface area contributed by atoms with Crippen LogP contribution in [-0.2, 0) is 16.8 Å². The van der Waals surface area contributed by atoms with Crippen molar-refractivity contribution < 1.29 is 9.59 Å². The highest BCUT2D eigenvalue weighted by Crippen LogP contribution is 2.65. The molecule has 1 saturated heterocycles. The van der Waals surface area contributed by atoms with E-state index in [-0.39, 0.29) is 18.0 Å². The van der Waals surface area contributed by atoms with Gasteiger partial charge in [-0.1, -0.05) is 12.1 Å². The number of rotatable bonds is 6. The molecule has 0 atom stereocenters. The summed E-state index contributed by atoms with van der Waals surface area (Å²) < 4.78 is 0. The summed E-state index contributed by atoms with van der Waals surface area (Å²) in [6.45, 7) is 8.09. The quantitative estimate of drug-likeness (QED) is 0.691. The molecule has 6 heteroatoms. The van der Waals surface area contributed by atoms with E-state index in [4.69, 9.17) is 0 Å². The molecule has 3 amide bonds. The number of imide groups is 1. The van der Waals surface area contributed by atoms with Crippen LogP contribution in [0.4, 0.5) is 16.3 Å². The minimum atomic E-state index is -0.918. The second kappa shape index (κ2) is 6.81. The van der Waals surface area contributed by atoms with Crippen LogP contribution in [0.1, 0.15) is 58.1 Å². The summed E-state index contributed by atoms with van der Waals surface area (Å²) in [4.78, 5) is 33.9. The molecule has 4 fully saturated rings. The van der Waals surface area contributed by atoms with Crippen LogP contribution in [0, 0.1) is 5.92 Å². The minimum absolute atomic E-state index is 0.189. The first-order chi connectivity index (χ1) is 14.7. The van der Waals surface area contributed by atoms with E-state index in [0.717, 1.165) is 17.3 Å². The second-order valence-electron chi connectivity index (χ2n) is 10.2. The number of benzene rings is 1. The van der Waals surface area contributed by atoms with Crippen molar-refractivity contribution in [2.75, 3.05) is 10.2 Å². The van der Waals surface area contributed by atoms with Crippen molar-refractivity contribution in [3.63, 3.8) is 0 Å². The topological polar surface area (TPSA) is 65.5 Å². The lowest BCUT2D eigenvalue weighted by Gasteiger charge is -2.62. The van der Waals surface area contributed by atoms with Crippen molar-refractivity contribution in [1.29, 1.82) is 0 Å². The van der Waals surface area contributed by atoms with Gasteiger partial charge in [-0.05, 0) is 93.7 Å². The molecule has 1 N–H and O–H groups in total. The Morgan fingerprint density at radius 2 is 1.77 bits per heavy atom. The van der Waals surface area contributed by atoms with E-state index in [1.807, 2.05) is 38.1 Å². The molecule has 31 heavy (non-hydrogen) atoms. The molecule has 1 aromatic carbocycles. The van der Waals surface area contributed by atoms with Gasteiger partial charge in [0.2, 0.25) is 0 Å². The van der Waals surface area contributed by atoms with Crippen molar-refractivity contribution in [3.8, 4) is 0 Å². The van der Waals surface area contributed by atoms with Crippen LogP contribution in [0.25, 0.3) is 0 Å². The van der Waals surface area contributed by atoms with Gasteiger partial charge < -0.3 is 10.2 Å². The molecular weight excluding hydrogens is 388 g/mol. The fourth-order valence-electron chi connectivity index (χ4n) is 5.25. The molecule has 2 heterocycles. The average Bonchev–Trinajstić information content (AvgIpc) is 2.80. The van der Waals surface area contributed by atoms with Gasteiger partial charge >= 0.3 is 6.03 Å². The Kier molecular flexibility index (Phi) is 4.40. The number of amides is 3. The fourth-order valence-corrected chi connectivity index (χ4v) is 5.25. The van der Waals surface area contributed by atoms with Gasteiger partial charge in [-0.15, -0.1) is 0 Å². The van der Waals surface area contributed by atoms with Gasteiger partial charge in [0.15, 0.2) is 0 Å². The third kappa shape index (κ3) is 3.11. The van der Waals surface area contributed by atoms with Gasteiger partial charge in [0.1, 0.15) is 11.4 Å². The Bertz CT molecular complexity index is 1030. The zero-order valence-electron chi connectivity index (χ0n) is 18.7. The van der Waals surface area contributed by atoms with Gasteiger partial charge in [-0.2, -0.15) is 0 Å². The highest BCUT2D eigenvalue weighted by atomic mass is 16.2. The first kappa shape index (κ1) is 20.0. The van der Waals surface area contributed by atoms with E-state index < -0.39 is 5.54 Å². The number of pyridine rings is 1. The number of hydrogen-bond donors (Lipinski definition) is 1. The molecule has 6 rings (SSSR count). The number of nitrogens with zero attached hydrogens (tertiary/aromatic N) is 3. The van der Waals surface area contributed by atoms with E-state index in [9.17, 15) is 9.59 Å². The highest BCUT2D eigenvalue weighted by molar-refractivity contribution is 6.22. The molecule has 4 aliphatic rings. The summed E-state index contributed by atoms with van der Waals surface area (Å²) in [7, 11) is 0. The highest BCUT2D eigenvalue weighted by Gasteiger charge is 2.57. The summed E-state index contributed by atoms with van der Waals surface area (Å²) in [5.74, 6) is 1.50. The Labute approximate surface area is 183 Å². The molecule has 2 aromatic rings. The average molecular weight is 419 g/mol. The zero-order valence-corrected chi connectivity index (χ0v) is 18.7. The van der Waals surface area contributed by atoms with Gasteiger partial charge in [0, 0.05) is 18.8 Å². The van der Waals surface area contributed by atoms with Crippen LogP contribution < -0.4 is 10.2 Å². The van der Waals surface area contributed by atoms with Crippen molar-refractivity contribution in [1.82, 2.24) is 9.88 Å². The number of anilines is 2. The molecule has 3 saturated carbocycles. The predicted octanol–water partition coefficient (Wildman–Crippen LogP) is 4.70. The van der Waals surface area contributed by atoms with Gasteiger partial charge in [0.25, 0.3) is 5.91 Å². The maximum Gasteiger partial charge on any atom is 0.332 e. The number of carbonyl (C=O) groups excluding carboxylic acids is 2. The lowest BCUT2D eigenvalue weighted by atomic mass is 9.42. The van der Waals surface area contributed by atoms with Crippen molar-refractivity contribution >= 4 is 23.4 Å². The van der Waals surface area contributed by atoms with Gasteiger partial charge in [-0.3, -0.25) is 4.79 Å². The lowest BCUT2D eigenvalue weighted by molar-refractivity contribution is -0.123. The van der Waals surface area contributed by atoms with Crippen LogP contribution in [-0.4, -0.2) is 33.4 Å². The molecule has 3 aliphatic carbocycles. The van der Waals surface area contributed by atoms with Crippen molar-refractivity contribution in [3.05, 3.63) is 53.7 Å². The van der Waals surface area contributed by atoms with Crippen molar-refractivity contribution in [2.45, 2.75) is 70.5 Å². The largest absolute Gasteiger partial charge is 0.368 e. The SMILES string of the molecule is CC(C)Nc1cc(CN2C(=O)N(c3ccc(C45CC(C4)C5)cc3)C(=O)C2(C)C)ccn1. The number of carbonyl (C=O) groups is 2. The third-order valence-corrected chi connectivity index (χ3v) is 7.20. The van der Waals surface area contributed by atoms with E-state index in [1.54, 1.807) is 11.1 Å².